The van der Waals surface area contributed by atoms with Crippen LogP contribution in [0.4, 0.5) is 5.69 Å². The van der Waals surface area contributed by atoms with E-state index < -0.39 is 15.9 Å². The maximum atomic E-state index is 12.5. The minimum Gasteiger partial charge on any atom is -0.492 e. The Morgan fingerprint density at radius 2 is 1.85 bits per heavy atom. The highest BCUT2D eigenvalue weighted by atomic mass is 35.5. The lowest BCUT2D eigenvalue weighted by atomic mass is 10.2. The van der Waals surface area contributed by atoms with Crippen molar-refractivity contribution in [1.29, 1.82) is 0 Å². The molecule has 2 N–H and O–H groups in total. The minimum atomic E-state index is -3.80. The fourth-order valence-corrected chi connectivity index (χ4v) is 3.85. The van der Waals surface area contributed by atoms with Crippen LogP contribution >= 0.6 is 23.2 Å². The predicted molar refractivity (Wildman–Crippen MR) is 103 cm³/mol. The van der Waals surface area contributed by atoms with E-state index >= 15 is 0 Å². The topological polar surface area (TPSA) is 84.5 Å². The number of nitrogens with one attached hydrogen (secondary N) is 2. The maximum Gasteiger partial charge on any atom is 0.255 e. The van der Waals surface area contributed by atoms with Crippen molar-refractivity contribution in [3.63, 3.8) is 0 Å². The molecule has 0 fully saturated rings. The Hall–Kier alpha value is -1.80. The highest BCUT2D eigenvalue weighted by Crippen LogP contribution is 2.28. The van der Waals surface area contributed by atoms with Crippen LogP contribution in [0.25, 0.3) is 0 Å². The van der Waals surface area contributed by atoms with E-state index in [2.05, 4.69) is 10.0 Å². The zero-order valence-electron chi connectivity index (χ0n) is 14.2. The average Bonchev–Trinajstić information content (AvgIpc) is 2.57. The van der Waals surface area contributed by atoms with E-state index in [9.17, 15) is 13.2 Å². The van der Waals surface area contributed by atoms with Crippen molar-refractivity contribution in [2.24, 2.45) is 0 Å². The van der Waals surface area contributed by atoms with Crippen molar-refractivity contribution in [3.8, 4) is 5.75 Å². The first kappa shape index (κ1) is 20.5. The minimum absolute atomic E-state index is 0.101. The van der Waals surface area contributed by atoms with Crippen molar-refractivity contribution >= 4 is 44.8 Å². The third kappa shape index (κ3) is 4.88. The van der Waals surface area contributed by atoms with Gasteiger partial charge in [0.05, 0.1) is 17.3 Å². The third-order valence-electron chi connectivity index (χ3n) is 3.31. The summed E-state index contributed by atoms with van der Waals surface area (Å²) >= 11 is 11.9. The van der Waals surface area contributed by atoms with E-state index in [1.165, 1.54) is 24.3 Å². The number of halogens is 2. The van der Waals surface area contributed by atoms with Crippen LogP contribution in [0.1, 0.15) is 24.2 Å². The van der Waals surface area contributed by atoms with Crippen LogP contribution in [0, 0.1) is 0 Å². The number of rotatable bonds is 7. The number of benzene rings is 2. The van der Waals surface area contributed by atoms with Crippen LogP contribution in [0.2, 0.25) is 10.0 Å². The Bertz CT molecular complexity index is 917. The Labute approximate surface area is 162 Å². The molecule has 0 aliphatic rings. The van der Waals surface area contributed by atoms with Gasteiger partial charge in [-0.25, -0.2) is 13.1 Å². The normalized spacial score (nSPS) is 11.2. The van der Waals surface area contributed by atoms with E-state index in [4.69, 9.17) is 27.9 Å². The number of amides is 1. The molecule has 0 radical (unpaired) electrons. The molecule has 0 aliphatic heterocycles. The second kappa shape index (κ2) is 8.73. The maximum absolute atomic E-state index is 12.5. The van der Waals surface area contributed by atoms with Crippen LogP contribution in [0.5, 0.6) is 5.75 Å². The van der Waals surface area contributed by atoms with Gasteiger partial charge < -0.3 is 10.1 Å². The van der Waals surface area contributed by atoms with Gasteiger partial charge in [0.1, 0.15) is 10.6 Å². The van der Waals surface area contributed by atoms with Crippen LogP contribution in [0.3, 0.4) is 0 Å². The second-order valence-corrected chi connectivity index (χ2v) is 7.75. The molecule has 6 nitrogen and oxygen atoms in total. The number of carbonyl (C=O) groups excluding carboxylic acids is 1. The molecule has 2 aromatic carbocycles. The third-order valence-corrected chi connectivity index (χ3v) is 5.42. The zero-order valence-corrected chi connectivity index (χ0v) is 16.5. The van der Waals surface area contributed by atoms with Gasteiger partial charge in [0.25, 0.3) is 5.91 Å². The number of ether oxygens (including phenoxy) is 1. The largest absolute Gasteiger partial charge is 0.492 e. The lowest BCUT2D eigenvalue weighted by molar-refractivity contribution is 0.102. The summed E-state index contributed by atoms with van der Waals surface area (Å²) in [6.07, 6.45) is 0. The van der Waals surface area contributed by atoms with E-state index in [0.29, 0.717) is 17.3 Å². The molecule has 0 aliphatic carbocycles. The van der Waals surface area contributed by atoms with Gasteiger partial charge in [-0.15, -0.1) is 0 Å². The fraction of sp³-hybridized carbons (Fsp3) is 0.235. The molecule has 1 amide bonds. The van der Waals surface area contributed by atoms with Gasteiger partial charge in [0.15, 0.2) is 0 Å². The van der Waals surface area contributed by atoms with Gasteiger partial charge in [-0.2, -0.15) is 0 Å². The summed E-state index contributed by atoms with van der Waals surface area (Å²) in [7, 11) is -3.80. The Balaban J connectivity index is 2.38. The molecule has 0 unspecified atom stereocenters. The van der Waals surface area contributed by atoms with Gasteiger partial charge in [-0.3, -0.25) is 4.79 Å². The first-order valence-corrected chi connectivity index (χ1v) is 10.0. The van der Waals surface area contributed by atoms with Crippen molar-refractivity contribution in [2.75, 3.05) is 18.5 Å². The van der Waals surface area contributed by atoms with E-state index in [1.54, 1.807) is 26.0 Å². The van der Waals surface area contributed by atoms with Gasteiger partial charge >= 0.3 is 0 Å². The second-order valence-electron chi connectivity index (χ2n) is 5.17. The van der Waals surface area contributed by atoms with E-state index in [0.717, 1.165) is 0 Å². The molecule has 0 aromatic heterocycles. The van der Waals surface area contributed by atoms with Crippen LogP contribution in [0.15, 0.2) is 41.3 Å². The van der Waals surface area contributed by atoms with Gasteiger partial charge in [0, 0.05) is 17.1 Å². The van der Waals surface area contributed by atoms with Crippen LogP contribution in [-0.4, -0.2) is 27.5 Å². The number of carbonyl (C=O) groups is 1. The fourth-order valence-electron chi connectivity index (χ4n) is 2.19. The Morgan fingerprint density at radius 3 is 2.46 bits per heavy atom. The lowest BCUT2D eigenvalue weighted by Crippen LogP contribution is -2.24. The number of hydrogen-bond donors (Lipinski definition) is 2. The SMILES string of the molecule is CCNS(=O)(=O)c1cc(C(=O)Nc2ccc(Cl)cc2Cl)ccc1OCC. The summed E-state index contributed by atoms with van der Waals surface area (Å²) in [5, 5.41) is 3.34. The lowest BCUT2D eigenvalue weighted by Gasteiger charge is -2.13. The molecular formula is C17H18Cl2N2O4S. The molecule has 0 bridgehead atoms. The zero-order chi connectivity index (χ0) is 19.3. The number of hydrogen-bond acceptors (Lipinski definition) is 4. The van der Waals surface area contributed by atoms with Gasteiger partial charge in [0.2, 0.25) is 10.0 Å². The number of anilines is 1. The quantitative estimate of drug-likeness (QED) is 0.715. The summed E-state index contributed by atoms with van der Waals surface area (Å²) in [5.41, 5.74) is 0.516. The van der Waals surface area contributed by atoms with Crippen molar-refractivity contribution in [1.82, 2.24) is 4.72 Å². The first-order chi connectivity index (χ1) is 12.3. The monoisotopic (exact) mass is 416 g/mol. The summed E-state index contributed by atoms with van der Waals surface area (Å²) in [4.78, 5) is 12.4. The molecule has 0 saturated heterocycles. The molecule has 26 heavy (non-hydrogen) atoms. The first-order valence-electron chi connectivity index (χ1n) is 7.81. The van der Waals surface area contributed by atoms with E-state index in [1.807, 2.05) is 0 Å². The standard InChI is InChI=1S/C17H18Cl2N2O4S/c1-3-20-26(23,24)16-9-11(5-8-15(16)25-4-2)17(22)21-14-7-6-12(18)10-13(14)19/h5-10,20H,3-4H2,1-2H3,(H,21,22). The Kier molecular flexibility index (Phi) is 6.88. The predicted octanol–water partition coefficient (Wildman–Crippen LogP) is 3.94. The Morgan fingerprint density at radius 1 is 1.12 bits per heavy atom. The molecular weight excluding hydrogens is 399 g/mol. The molecule has 2 rings (SSSR count). The van der Waals surface area contributed by atoms with Crippen molar-refractivity contribution < 1.29 is 17.9 Å². The van der Waals surface area contributed by atoms with Crippen molar-refractivity contribution in [3.05, 3.63) is 52.0 Å². The summed E-state index contributed by atoms with van der Waals surface area (Å²) in [6.45, 7) is 3.91. The summed E-state index contributed by atoms with van der Waals surface area (Å²) < 4.78 is 32.5. The molecule has 0 saturated carbocycles. The highest BCUT2D eigenvalue weighted by molar-refractivity contribution is 7.89. The van der Waals surface area contributed by atoms with Crippen LogP contribution in [-0.2, 0) is 10.0 Å². The number of sulfonamides is 1. The summed E-state index contributed by atoms with van der Waals surface area (Å²) in [6, 6.07) is 8.84. The van der Waals surface area contributed by atoms with Crippen molar-refractivity contribution in [2.45, 2.75) is 18.7 Å². The van der Waals surface area contributed by atoms with E-state index in [-0.39, 0.29) is 27.8 Å². The molecule has 9 heteroatoms. The summed E-state index contributed by atoms with van der Waals surface area (Å²) in [5.74, 6) is -0.334. The van der Waals surface area contributed by atoms with Crippen LogP contribution < -0.4 is 14.8 Å². The molecule has 0 spiro atoms. The molecule has 0 atom stereocenters. The smallest absolute Gasteiger partial charge is 0.255 e. The highest BCUT2D eigenvalue weighted by Gasteiger charge is 2.21. The molecule has 0 heterocycles. The molecule has 140 valence electrons. The van der Waals surface area contributed by atoms with Gasteiger partial charge in [-0.05, 0) is 43.3 Å². The van der Waals surface area contributed by atoms with Gasteiger partial charge in [-0.1, -0.05) is 30.1 Å². The average molecular weight is 417 g/mol. The molecule has 2 aromatic rings.